The molecule has 0 saturated carbocycles. The molecule has 3 N–H and O–H groups in total. The maximum atomic E-state index is 12.6. The molecular weight excluding hydrogens is 450 g/mol. The van der Waals surface area contributed by atoms with Gasteiger partial charge in [0.15, 0.2) is 0 Å². The number of aliphatic carboxylic acids is 1. The van der Waals surface area contributed by atoms with Gasteiger partial charge in [-0.1, -0.05) is 48.5 Å². The van der Waals surface area contributed by atoms with Crippen LogP contribution >= 0.6 is 0 Å². The normalized spacial score (nSPS) is 18.2. The third-order valence-electron chi connectivity index (χ3n) is 6.62. The van der Waals surface area contributed by atoms with E-state index >= 15 is 0 Å². The van der Waals surface area contributed by atoms with Crippen molar-refractivity contribution in [3.05, 3.63) is 59.7 Å². The molecule has 1 heterocycles. The van der Waals surface area contributed by atoms with Crippen molar-refractivity contribution in [2.75, 3.05) is 13.2 Å². The minimum Gasteiger partial charge on any atom is -0.480 e. The number of amides is 3. The Hall–Kier alpha value is -3.88. The Morgan fingerprint density at radius 1 is 0.971 bits per heavy atom. The van der Waals surface area contributed by atoms with Crippen LogP contribution < -0.4 is 10.6 Å². The third-order valence-corrected chi connectivity index (χ3v) is 6.62. The number of carbonyl (C=O) groups is 4. The van der Waals surface area contributed by atoms with E-state index in [0.717, 1.165) is 22.3 Å². The van der Waals surface area contributed by atoms with Crippen molar-refractivity contribution in [2.24, 2.45) is 0 Å². The van der Waals surface area contributed by atoms with Crippen LogP contribution in [0.3, 0.4) is 0 Å². The number of hydrogen-bond acceptors (Lipinski definition) is 5. The fourth-order valence-electron chi connectivity index (χ4n) is 4.82. The largest absolute Gasteiger partial charge is 0.480 e. The molecule has 35 heavy (non-hydrogen) atoms. The van der Waals surface area contributed by atoms with E-state index in [1.807, 2.05) is 48.5 Å². The van der Waals surface area contributed by atoms with Gasteiger partial charge in [0.2, 0.25) is 11.8 Å². The molecular formula is C26H29N3O6. The zero-order chi connectivity index (χ0) is 25.1. The van der Waals surface area contributed by atoms with Crippen LogP contribution in [-0.2, 0) is 19.1 Å². The molecule has 2 aromatic carbocycles. The molecule has 2 aliphatic rings. The third kappa shape index (κ3) is 4.99. The molecule has 0 radical (unpaired) electrons. The molecule has 184 valence electrons. The standard InChI is InChI=1S/C26H29N3O6/c1-15(23(30)27-16(2)24(31)29-13-7-12-22(29)25(32)33)28-26(34)35-14-21-19-10-5-3-8-17(19)18-9-4-6-11-20(18)21/h3-6,8-11,15-16,21-22H,7,12-14H2,1-2H3,(H,27,30)(H,28,34)(H,32,33). The molecule has 1 saturated heterocycles. The van der Waals surface area contributed by atoms with E-state index in [4.69, 9.17) is 4.74 Å². The van der Waals surface area contributed by atoms with E-state index in [-0.39, 0.29) is 12.5 Å². The average Bonchev–Trinajstić information content (AvgIpc) is 3.46. The first-order chi connectivity index (χ1) is 16.8. The topological polar surface area (TPSA) is 125 Å². The Morgan fingerprint density at radius 3 is 2.17 bits per heavy atom. The first-order valence-corrected chi connectivity index (χ1v) is 11.7. The number of benzene rings is 2. The molecule has 9 nitrogen and oxygen atoms in total. The van der Waals surface area contributed by atoms with Crippen LogP contribution in [0.25, 0.3) is 11.1 Å². The van der Waals surface area contributed by atoms with E-state index in [0.29, 0.717) is 19.4 Å². The fraction of sp³-hybridized carbons (Fsp3) is 0.385. The average molecular weight is 480 g/mol. The van der Waals surface area contributed by atoms with Crippen LogP contribution in [0.2, 0.25) is 0 Å². The van der Waals surface area contributed by atoms with Gasteiger partial charge in [0.25, 0.3) is 0 Å². The first-order valence-electron chi connectivity index (χ1n) is 11.7. The SMILES string of the molecule is CC(NC(=O)OCC1c2ccccc2-c2ccccc21)C(=O)NC(C)C(=O)N1CCCC1C(=O)O. The molecule has 3 amide bonds. The molecule has 9 heteroatoms. The van der Waals surface area contributed by atoms with E-state index < -0.39 is 42.0 Å². The van der Waals surface area contributed by atoms with Crippen molar-refractivity contribution in [3.8, 4) is 11.1 Å². The van der Waals surface area contributed by atoms with Crippen molar-refractivity contribution < 1.29 is 29.0 Å². The lowest BCUT2D eigenvalue weighted by Gasteiger charge is -2.26. The molecule has 0 spiro atoms. The second-order valence-electron chi connectivity index (χ2n) is 8.95. The number of carbonyl (C=O) groups excluding carboxylic acids is 3. The van der Waals surface area contributed by atoms with Crippen LogP contribution in [-0.4, -0.2) is 65.2 Å². The van der Waals surface area contributed by atoms with E-state index in [1.54, 1.807) is 0 Å². The quantitative estimate of drug-likeness (QED) is 0.560. The van der Waals surface area contributed by atoms with Gasteiger partial charge in [-0.2, -0.15) is 0 Å². The van der Waals surface area contributed by atoms with Gasteiger partial charge in [-0.3, -0.25) is 9.59 Å². The maximum absolute atomic E-state index is 12.6. The zero-order valence-electron chi connectivity index (χ0n) is 19.7. The van der Waals surface area contributed by atoms with Crippen molar-refractivity contribution in [2.45, 2.75) is 50.7 Å². The highest BCUT2D eigenvalue weighted by molar-refractivity contribution is 5.92. The molecule has 1 aliphatic heterocycles. The van der Waals surface area contributed by atoms with Gasteiger partial charge in [0, 0.05) is 12.5 Å². The second-order valence-corrected chi connectivity index (χ2v) is 8.95. The van der Waals surface area contributed by atoms with Crippen LogP contribution in [0.15, 0.2) is 48.5 Å². The number of rotatable bonds is 7. The summed E-state index contributed by atoms with van der Waals surface area (Å²) in [6, 6.07) is 13.2. The lowest BCUT2D eigenvalue weighted by molar-refractivity contribution is -0.149. The molecule has 1 aliphatic carbocycles. The number of fused-ring (bicyclic) bond motifs is 3. The highest BCUT2D eigenvalue weighted by Crippen LogP contribution is 2.44. The summed E-state index contributed by atoms with van der Waals surface area (Å²) in [6.45, 7) is 3.44. The Balaban J connectivity index is 1.30. The summed E-state index contributed by atoms with van der Waals surface area (Å²) >= 11 is 0. The summed E-state index contributed by atoms with van der Waals surface area (Å²) < 4.78 is 5.46. The van der Waals surface area contributed by atoms with Crippen LogP contribution in [0.4, 0.5) is 4.79 Å². The Kier molecular flexibility index (Phi) is 7.04. The lowest BCUT2D eigenvalue weighted by atomic mass is 9.98. The van der Waals surface area contributed by atoms with Gasteiger partial charge in [0.1, 0.15) is 24.7 Å². The molecule has 0 aromatic heterocycles. The number of carboxylic acid groups (broad SMARTS) is 1. The fourth-order valence-corrected chi connectivity index (χ4v) is 4.82. The van der Waals surface area contributed by atoms with E-state index in [1.165, 1.54) is 18.7 Å². The molecule has 4 rings (SSSR count). The van der Waals surface area contributed by atoms with Crippen molar-refractivity contribution >= 4 is 23.9 Å². The summed E-state index contributed by atoms with van der Waals surface area (Å²) in [5, 5.41) is 14.3. The smallest absolute Gasteiger partial charge is 0.407 e. The van der Waals surface area contributed by atoms with Gasteiger partial charge >= 0.3 is 12.1 Å². The Labute approximate surface area is 203 Å². The van der Waals surface area contributed by atoms with Crippen LogP contribution in [0, 0.1) is 0 Å². The van der Waals surface area contributed by atoms with Crippen molar-refractivity contribution in [3.63, 3.8) is 0 Å². The molecule has 0 bridgehead atoms. The Bertz CT molecular complexity index is 1100. The lowest BCUT2D eigenvalue weighted by Crippen LogP contribution is -2.54. The molecule has 1 fully saturated rings. The highest BCUT2D eigenvalue weighted by Gasteiger charge is 2.36. The Morgan fingerprint density at radius 2 is 1.57 bits per heavy atom. The number of alkyl carbamates (subject to hydrolysis) is 1. The number of ether oxygens (including phenoxy) is 1. The van der Waals surface area contributed by atoms with Gasteiger partial charge in [0.05, 0.1) is 0 Å². The minimum absolute atomic E-state index is 0.0995. The van der Waals surface area contributed by atoms with E-state index in [9.17, 15) is 24.3 Å². The molecule has 3 unspecified atom stereocenters. The zero-order valence-corrected chi connectivity index (χ0v) is 19.7. The van der Waals surface area contributed by atoms with Crippen LogP contribution in [0.5, 0.6) is 0 Å². The van der Waals surface area contributed by atoms with Gasteiger partial charge in [-0.15, -0.1) is 0 Å². The second kappa shape index (κ2) is 10.2. The summed E-state index contributed by atoms with van der Waals surface area (Å²) in [7, 11) is 0. The summed E-state index contributed by atoms with van der Waals surface area (Å²) in [5.74, 6) is -2.18. The predicted molar refractivity (Wildman–Crippen MR) is 128 cm³/mol. The molecule has 3 atom stereocenters. The number of nitrogens with zero attached hydrogens (tertiary/aromatic N) is 1. The van der Waals surface area contributed by atoms with Crippen molar-refractivity contribution in [1.82, 2.24) is 15.5 Å². The van der Waals surface area contributed by atoms with E-state index in [2.05, 4.69) is 10.6 Å². The van der Waals surface area contributed by atoms with Crippen LogP contribution in [0.1, 0.15) is 43.7 Å². The number of carboxylic acids is 1. The highest BCUT2D eigenvalue weighted by atomic mass is 16.5. The number of hydrogen-bond donors (Lipinski definition) is 3. The number of likely N-dealkylation sites (tertiary alicyclic amines) is 1. The van der Waals surface area contributed by atoms with Gasteiger partial charge in [-0.25, -0.2) is 9.59 Å². The summed E-state index contributed by atoms with van der Waals surface area (Å²) in [6.07, 6.45) is 0.254. The monoisotopic (exact) mass is 479 g/mol. The molecule has 2 aromatic rings. The number of nitrogens with one attached hydrogen (secondary N) is 2. The minimum atomic E-state index is -1.06. The van der Waals surface area contributed by atoms with Gasteiger partial charge < -0.3 is 25.4 Å². The first kappa shape index (κ1) is 24.3. The van der Waals surface area contributed by atoms with Crippen molar-refractivity contribution in [1.29, 1.82) is 0 Å². The van der Waals surface area contributed by atoms with Gasteiger partial charge in [-0.05, 0) is 48.9 Å². The predicted octanol–water partition coefficient (Wildman–Crippen LogP) is 2.49. The maximum Gasteiger partial charge on any atom is 0.407 e. The summed E-state index contributed by atoms with van der Waals surface area (Å²) in [5.41, 5.74) is 4.40. The summed E-state index contributed by atoms with van der Waals surface area (Å²) in [4.78, 5) is 50.2.